The minimum atomic E-state index is -0.876. The van der Waals surface area contributed by atoms with Crippen LogP contribution in [0.4, 0.5) is 11.8 Å². The smallest absolute Gasteiger partial charge is 0.223 e. The standard InChI is InChI=1S/C28H31Cl2N5O5/c1-5-17(36)8-16-12-40-13-19(16)33-27-31-11-15-9-18(22-23(29)20(38-3)10-21(39-4)24(22)30)32-26(25(15)34-27)35-7-6-28(2,37)14-35/h5,9-11,16,19,37H,1,6-8,12-14H2,2-4H3,(H,31,33,34)/t16-,19+,28-/m0/s1. The van der Waals surface area contributed by atoms with E-state index in [0.29, 0.717) is 94.6 Å². The average molecular weight is 588 g/mol. The molecule has 3 atom stereocenters. The van der Waals surface area contributed by atoms with E-state index in [1.165, 1.54) is 20.3 Å². The van der Waals surface area contributed by atoms with Crippen LogP contribution in [0.5, 0.6) is 11.5 Å². The Bertz CT molecular complexity index is 1440. The molecule has 2 aromatic heterocycles. The molecule has 4 heterocycles. The number of aliphatic hydroxyl groups is 1. The van der Waals surface area contributed by atoms with Gasteiger partial charge in [0, 0.05) is 48.6 Å². The lowest BCUT2D eigenvalue weighted by atomic mass is 9.97. The molecule has 2 N–H and O–H groups in total. The van der Waals surface area contributed by atoms with Crippen LogP contribution in [0.1, 0.15) is 19.8 Å². The Kier molecular flexibility index (Phi) is 8.05. The zero-order valence-electron chi connectivity index (χ0n) is 22.5. The lowest BCUT2D eigenvalue weighted by Crippen LogP contribution is -2.31. The molecule has 2 aliphatic rings. The molecule has 0 radical (unpaired) electrons. The van der Waals surface area contributed by atoms with Gasteiger partial charge in [-0.1, -0.05) is 29.8 Å². The van der Waals surface area contributed by atoms with Crippen LogP contribution in [0.15, 0.2) is 31.0 Å². The third kappa shape index (κ3) is 5.54. The number of carbonyl (C=O) groups is 1. The molecular formula is C28H31Cl2N5O5. The highest BCUT2D eigenvalue weighted by molar-refractivity contribution is 6.41. The number of benzene rings is 1. The number of nitrogens with zero attached hydrogens (tertiary/aromatic N) is 4. The van der Waals surface area contributed by atoms with Crippen molar-refractivity contribution in [2.45, 2.75) is 31.4 Å². The van der Waals surface area contributed by atoms with Crippen LogP contribution in [-0.4, -0.2) is 78.0 Å². The van der Waals surface area contributed by atoms with Crippen LogP contribution < -0.4 is 19.7 Å². The molecule has 0 saturated carbocycles. The number of carbonyl (C=O) groups excluding carboxylic acids is 1. The zero-order chi connectivity index (χ0) is 28.6. The van der Waals surface area contributed by atoms with Crippen molar-refractivity contribution >= 4 is 51.7 Å². The molecule has 2 saturated heterocycles. The molecule has 0 aliphatic carbocycles. The number of rotatable bonds is 9. The molecule has 0 spiro atoms. The van der Waals surface area contributed by atoms with Crippen molar-refractivity contribution in [1.29, 1.82) is 0 Å². The van der Waals surface area contributed by atoms with Gasteiger partial charge in [0.05, 0.1) is 54.8 Å². The molecule has 2 aliphatic heterocycles. The largest absolute Gasteiger partial charge is 0.495 e. The molecule has 0 amide bonds. The van der Waals surface area contributed by atoms with E-state index >= 15 is 0 Å². The summed E-state index contributed by atoms with van der Waals surface area (Å²) >= 11 is 13.4. The molecule has 212 valence electrons. The second-order valence-electron chi connectivity index (χ2n) is 10.3. The minimum Gasteiger partial charge on any atom is -0.495 e. The van der Waals surface area contributed by atoms with E-state index in [2.05, 4.69) is 16.9 Å². The minimum absolute atomic E-state index is 0.0224. The van der Waals surface area contributed by atoms with Crippen molar-refractivity contribution in [3.05, 3.63) is 41.0 Å². The van der Waals surface area contributed by atoms with Crippen molar-refractivity contribution in [2.24, 2.45) is 5.92 Å². The van der Waals surface area contributed by atoms with Crippen molar-refractivity contribution in [1.82, 2.24) is 15.0 Å². The molecule has 0 unspecified atom stereocenters. The summed E-state index contributed by atoms with van der Waals surface area (Å²) in [6.45, 7) is 7.22. The van der Waals surface area contributed by atoms with Gasteiger partial charge in [0.1, 0.15) is 17.0 Å². The summed E-state index contributed by atoms with van der Waals surface area (Å²) in [5.74, 6) is 1.68. The number of hydrogen-bond donors (Lipinski definition) is 2. The van der Waals surface area contributed by atoms with Gasteiger partial charge in [-0.25, -0.2) is 15.0 Å². The topological polar surface area (TPSA) is 119 Å². The SMILES string of the molecule is C=CC(=O)C[C@H]1COC[C@H]1Nc1ncc2cc(-c3c(Cl)c(OC)cc(OC)c3Cl)nc(N3CC[C@](C)(O)C3)c2n1. The van der Waals surface area contributed by atoms with Gasteiger partial charge < -0.3 is 29.5 Å². The number of aromatic nitrogens is 3. The molecule has 3 aromatic rings. The fourth-order valence-electron chi connectivity index (χ4n) is 5.14. The number of hydrogen-bond acceptors (Lipinski definition) is 10. The number of allylic oxidation sites excluding steroid dienone is 1. The van der Waals surface area contributed by atoms with E-state index in [9.17, 15) is 9.90 Å². The van der Waals surface area contributed by atoms with Crippen molar-refractivity contribution in [3.63, 3.8) is 0 Å². The van der Waals surface area contributed by atoms with E-state index in [0.717, 1.165) is 0 Å². The van der Waals surface area contributed by atoms with E-state index in [1.807, 2.05) is 11.0 Å². The Hall–Kier alpha value is -3.18. The Morgan fingerprint density at radius 2 is 1.98 bits per heavy atom. The summed E-state index contributed by atoms with van der Waals surface area (Å²) in [6.07, 6.45) is 3.94. The highest BCUT2D eigenvalue weighted by atomic mass is 35.5. The summed E-state index contributed by atoms with van der Waals surface area (Å²) in [5.41, 5.74) is 0.656. The number of β-amino-alcohol motifs (C(OH)–C–C–N with tert-alkyl or cyclic N) is 1. The fraction of sp³-hybridized carbons (Fsp3) is 0.429. The number of methoxy groups -OCH3 is 2. The van der Waals surface area contributed by atoms with Crippen LogP contribution in [0.25, 0.3) is 22.2 Å². The summed E-state index contributed by atoms with van der Waals surface area (Å²) in [5, 5.41) is 15.4. The molecule has 10 nitrogen and oxygen atoms in total. The zero-order valence-corrected chi connectivity index (χ0v) is 24.1. The highest BCUT2D eigenvalue weighted by Gasteiger charge is 2.34. The number of anilines is 2. The van der Waals surface area contributed by atoms with Gasteiger partial charge in [-0.3, -0.25) is 4.79 Å². The number of ketones is 1. The molecule has 1 aromatic carbocycles. The maximum Gasteiger partial charge on any atom is 0.223 e. The van der Waals surface area contributed by atoms with Crippen molar-refractivity contribution < 1.29 is 24.1 Å². The van der Waals surface area contributed by atoms with Crippen LogP contribution in [-0.2, 0) is 9.53 Å². The predicted octanol–water partition coefficient (Wildman–Crippen LogP) is 4.55. The summed E-state index contributed by atoms with van der Waals surface area (Å²) in [7, 11) is 3.03. The maximum atomic E-state index is 12.0. The molecule has 12 heteroatoms. The van der Waals surface area contributed by atoms with E-state index in [4.69, 9.17) is 47.4 Å². The highest BCUT2D eigenvalue weighted by Crippen LogP contribution is 2.46. The van der Waals surface area contributed by atoms with Gasteiger partial charge in [0.25, 0.3) is 0 Å². The first-order chi connectivity index (χ1) is 19.1. The molecule has 5 rings (SSSR count). The Balaban J connectivity index is 1.60. The number of halogens is 2. The number of ether oxygens (including phenoxy) is 3. The van der Waals surface area contributed by atoms with Gasteiger partial charge in [-0.2, -0.15) is 0 Å². The first-order valence-electron chi connectivity index (χ1n) is 12.9. The van der Waals surface area contributed by atoms with E-state index in [-0.39, 0.29) is 17.7 Å². The second-order valence-corrected chi connectivity index (χ2v) is 11.1. The third-order valence-electron chi connectivity index (χ3n) is 7.33. The van der Waals surface area contributed by atoms with Gasteiger partial charge >= 0.3 is 0 Å². The monoisotopic (exact) mass is 587 g/mol. The lowest BCUT2D eigenvalue weighted by Gasteiger charge is -2.23. The third-order valence-corrected chi connectivity index (χ3v) is 8.08. The summed E-state index contributed by atoms with van der Waals surface area (Å²) in [4.78, 5) is 28.3. The quantitative estimate of drug-likeness (QED) is 0.345. The first kappa shape index (κ1) is 28.4. The number of nitrogens with one attached hydrogen (secondary N) is 1. The average Bonchev–Trinajstić information content (AvgIpc) is 3.53. The lowest BCUT2D eigenvalue weighted by molar-refractivity contribution is -0.115. The van der Waals surface area contributed by atoms with Gasteiger partial charge in [0.2, 0.25) is 5.95 Å². The Labute approximate surface area is 242 Å². The van der Waals surface area contributed by atoms with Gasteiger partial charge in [0.15, 0.2) is 11.6 Å². The van der Waals surface area contributed by atoms with E-state index < -0.39 is 5.60 Å². The van der Waals surface area contributed by atoms with Gasteiger partial charge in [-0.15, -0.1) is 0 Å². The second kappa shape index (κ2) is 11.4. The Morgan fingerprint density at radius 1 is 1.25 bits per heavy atom. The van der Waals surface area contributed by atoms with Crippen LogP contribution in [0.2, 0.25) is 10.0 Å². The van der Waals surface area contributed by atoms with Crippen molar-refractivity contribution in [2.75, 3.05) is 50.7 Å². The molecule has 40 heavy (non-hydrogen) atoms. The van der Waals surface area contributed by atoms with Crippen molar-refractivity contribution in [3.8, 4) is 22.8 Å². The molecule has 2 fully saturated rings. The van der Waals surface area contributed by atoms with Crippen LogP contribution >= 0.6 is 23.2 Å². The van der Waals surface area contributed by atoms with Gasteiger partial charge in [-0.05, 0) is 25.5 Å². The maximum absolute atomic E-state index is 12.0. The Morgan fingerprint density at radius 3 is 2.60 bits per heavy atom. The number of fused-ring (bicyclic) bond motifs is 1. The summed E-state index contributed by atoms with van der Waals surface area (Å²) in [6, 6.07) is 3.30. The molecule has 0 bridgehead atoms. The number of pyridine rings is 1. The predicted molar refractivity (Wildman–Crippen MR) is 155 cm³/mol. The van der Waals surface area contributed by atoms with Crippen LogP contribution in [0, 0.1) is 5.92 Å². The van der Waals surface area contributed by atoms with E-state index in [1.54, 1.807) is 19.2 Å². The normalized spacial score (nSPS) is 22.5. The summed E-state index contributed by atoms with van der Waals surface area (Å²) < 4.78 is 16.5. The van der Waals surface area contributed by atoms with Crippen LogP contribution in [0.3, 0.4) is 0 Å². The molecular weight excluding hydrogens is 557 g/mol. The first-order valence-corrected chi connectivity index (χ1v) is 13.6. The fourth-order valence-corrected chi connectivity index (χ4v) is 5.84.